The second-order valence-corrected chi connectivity index (χ2v) is 6.70. The van der Waals surface area contributed by atoms with Gasteiger partial charge in [0.15, 0.2) is 0 Å². The van der Waals surface area contributed by atoms with Crippen molar-refractivity contribution in [2.24, 2.45) is 0 Å². The van der Waals surface area contributed by atoms with Crippen LogP contribution in [0.25, 0.3) is 0 Å². The van der Waals surface area contributed by atoms with Crippen molar-refractivity contribution in [3.8, 4) is 5.75 Å². The van der Waals surface area contributed by atoms with Gasteiger partial charge >= 0.3 is 0 Å². The number of hydrogen-bond donors (Lipinski definition) is 1. The van der Waals surface area contributed by atoms with Gasteiger partial charge in [-0.15, -0.1) is 0 Å². The first-order chi connectivity index (χ1) is 9.42. The second kappa shape index (κ2) is 5.80. The van der Waals surface area contributed by atoms with E-state index in [1.165, 1.54) is 19.2 Å². The molecule has 0 aliphatic heterocycles. The van der Waals surface area contributed by atoms with Crippen LogP contribution in [0.5, 0.6) is 5.75 Å². The molecule has 0 saturated heterocycles. The third kappa shape index (κ3) is 3.29. The first-order valence-electron chi connectivity index (χ1n) is 5.71. The lowest BCUT2D eigenvalue weighted by Gasteiger charge is -2.10. The van der Waals surface area contributed by atoms with Gasteiger partial charge in [0.2, 0.25) is 0 Å². The van der Waals surface area contributed by atoms with Gasteiger partial charge in [-0.3, -0.25) is 4.72 Å². The Hall–Kier alpha value is -1.60. The van der Waals surface area contributed by atoms with Crippen molar-refractivity contribution in [2.75, 3.05) is 11.8 Å². The first-order valence-corrected chi connectivity index (χ1v) is 7.99. The smallest absolute Gasteiger partial charge is 0.263 e. The van der Waals surface area contributed by atoms with Crippen LogP contribution in [-0.2, 0) is 10.0 Å². The molecular weight excluding hydrogens is 344 g/mol. The summed E-state index contributed by atoms with van der Waals surface area (Å²) in [6.45, 7) is 1.78. The third-order valence-electron chi connectivity index (χ3n) is 2.65. The fourth-order valence-electron chi connectivity index (χ4n) is 1.59. The molecule has 0 unspecified atom stereocenters. The van der Waals surface area contributed by atoms with Gasteiger partial charge in [-0.1, -0.05) is 0 Å². The van der Waals surface area contributed by atoms with Crippen LogP contribution in [0.2, 0.25) is 0 Å². The Morgan fingerprint density at radius 1 is 1.25 bits per heavy atom. The minimum Gasteiger partial charge on any atom is -0.497 e. The molecule has 1 aromatic carbocycles. The lowest BCUT2D eigenvalue weighted by atomic mass is 10.3. The van der Waals surface area contributed by atoms with Gasteiger partial charge in [-0.25, -0.2) is 13.4 Å². The zero-order valence-electron chi connectivity index (χ0n) is 10.9. The van der Waals surface area contributed by atoms with Crippen LogP contribution in [0.15, 0.2) is 45.9 Å². The maximum absolute atomic E-state index is 12.2. The van der Waals surface area contributed by atoms with E-state index in [0.717, 1.165) is 10.0 Å². The van der Waals surface area contributed by atoms with Crippen LogP contribution >= 0.6 is 15.9 Å². The highest BCUT2D eigenvalue weighted by molar-refractivity contribution is 9.10. The molecule has 5 nitrogen and oxygen atoms in total. The van der Waals surface area contributed by atoms with E-state index in [4.69, 9.17) is 4.74 Å². The molecule has 0 radical (unpaired) electrons. The Bertz CT molecular complexity index is 715. The molecule has 0 amide bonds. The standard InChI is InChI=1S/C13H13BrN2O3S/c1-9-7-10(14)8-15-13(9)16-20(17,18)12-5-3-11(19-2)4-6-12/h3-8H,1-2H3,(H,15,16). The number of nitrogens with one attached hydrogen (secondary N) is 1. The minimum absolute atomic E-state index is 0.155. The number of rotatable bonds is 4. The number of aryl methyl sites for hydroxylation is 1. The molecule has 2 aromatic rings. The number of nitrogens with zero attached hydrogens (tertiary/aromatic N) is 1. The van der Waals surface area contributed by atoms with Crippen molar-refractivity contribution >= 4 is 31.8 Å². The number of methoxy groups -OCH3 is 1. The van der Waals surface area contributed by atoms with Crippen molar-refractivity contribution in [1.82, 2.24) is 4.98 Å². The Kier molecular flexibility index (Phi) is 4.29. The quantitative estimate of drug-likeness (QED) is 0.914. The lowest BCUT2D eigenvalue weighted by molar-refractivity contribution is 0.414. The predicted octanol–water partition coefficient (Wildman–Crippen LogP) is 2.96. The molecule has 20 heavy (non-hydrogen) atoms. The number of aromatic nitrogens is 1. The Morgan fingerprint density at radius 2 is 1.90 bits per heavy atom. The molecule has 1 heterocycles. The Balaban J connectivity index is 2.30. The van der Waals surface area contributed by atoms with Crippen molar-refractivity contribution in [1.29, 1.82) is 0 Å². The van der Waals surface area contributed by atoms with E-state index < -0.39 is 10.0 Å². The largest absolute Gasteiger partial charge is 0.497 e. The topological polar surface area (TPSA) is 68.3 Å². The molecule has 106 valence electrons. The Morgan fingerprint density at radius 3 is 2.45 bits per heavy atom. The number of anilines is 1. The summed E-state index contributed by atoms with van der Waals surface area (Å²) >= 11 is 3.28. The number of hydrogen-bond acceptors (Lipinski definition) is 4. The average molecular weight is 357 g/mol. The molecule has 0 spiro atoms. The molecule has 1 aromatic heterocycles. The fraction of sp³-hybridized carbons (Fsp3) is 0.154. The van der Waals surface area contributed by atoms with Gasteiger partial charge in [-0.05, 0) is 58.7 Å². The maximum atomic E-state index is 12.2. The van der Waals surface area contributed by atoms with E-state index in [9.17, 15) is 8.42 Å². The van der Waals surface area contributed by atoms with Crippen LogP contribution in [-0.4, -0.2) is 20.5 Å². The normalized spacial score (nSPS) is 11.2. The SMILES string of the molecule is COc1ccc(S(=O)(=O)Nc2ncc(Br)cc2C)cc1. The summed E-state index contributed by atoms with van der Waals surface area (Å²) < 4.78 is 32.7. The predicted molar refractivity (Wildman–Crippen MR) is 80.5 cm³/mol. The summed E-state index contributed by atoms with van der Waals surface area (Å²) in [5, 5.41) is 0. The second-order valence-electron chi connectivity index (χ2n) is 4.10. The van der Waals surface area contributed by atoms with Crippen molar-refractivity contribution in [3.05, 3.63) is 46.6 Å². The van der Waals surface area contributed by atoms with Crippen LogP contribution in [0.3, 0.4) is 0 Å². The van der Waals surface area contributed by atoms with Crippen LogP contribution in [0.1, 0.15) is 5.56 Å². The summed E-state index contributed by atoms with van der Waals surface area (Å²) in [6.07, 6.45) is 1.54. The van der Waals surface area contributed by atoms with E-state index in [1.54, 1.807) is 31.3 Å². The van der Waals surface area contributed by atoms with E-state index in [-0.39, 0.29) is 4.90 Å². The van der Waals surface area contributed by atoms with Crippen molar-refractivity contribution < 1.29 is 13.2 Å². The minimum atomic E-state index is -3.66. The van der Waals surface area contributed by atoms with Gasteiger partial charge in [-0.2, -0.15) is 0 Å². The molecule has 0 bridgehead atoms. The van der Waals surface area contributed by atoms with Crippen molar-refractivity contribution in [2.45, 2.75) is 11.8 Å². The lowest BCUT2D eigenvalue weighted by Crippen LogP contribution is -2.14. The maximum Gasteiger partial charge on any atom is 0.263 e. The monoisotopic (exact) mass is 356 g/mol. The van der Waals surface area contributed by atoms with Crippen molar-refractivity contribution in [3.63, 3.8) is 0 Å². The van der Waals surface area contributed by atoms with Gasteiger partial charge in [0, 0.05) is 10.7 Å². The summed E-state index contributed by atoms with van der Waals surface area (Å²) in [7, 11) is -2.13. The summed E-state index contributed by atoms with van der Waals surface area (Å²) in [6, 6.07) is 7.94. The highest BCUT2D eigenvalue weighted by Crippen LogP contribution is 2.21. The molecule has 0 fully saturated rings. The van der Waals surface area contributed by atoms with E-state index in [1.807, 2.05) is 0 Å². The molecule has 0 aliphatic carbocycles. The Labute approximate surface area is 126 Å². The summed E-state index contributed by atoms with van der Waals surface area (Å²) in [5.41, 5.74) is 0.733. The highest BCUT2D eigenvalue weighted by Gasteiger charge is 2.16. The molecular formula is C13H13BrN2O3S. The molecule has 2 rings (SSSR count). The molecule has 1 N–H and O–H groups in total. The number of halogens is 1. The molecule has 0 saturated carbocycles. The number of sulfonamides is 1. The molecule has 0 aliphatic rings. The van der Waals surface area contributed by atoms with Crippen LogP contribution in [0.4, 0.5) is 5.82 Å². The van der Waals surface area contributed by atoms with E-state index in [0.29, 0.717) is 11.6 Å². The third-order valence-corrected chi connectivity index (χ3v) is 4.43. The molecule has 7 heteroatoms. The van der Waals surface area contributed by atoms with Crippen LogP contribution < -0.4 is 9.46 Å². The van der Waals surface area contributed by atoms with Crippen LogP contribution in [0, 0.1) is 6.92 Å². The molecule has 0 atom stereocenters. The average Bonchev–Trinajstić information content (AvgIpc) is 2.42. The van der Waals surface area contributed by atoms with Gasteiger partial charge < -0.3 is 4.74 Å². The number of benzene rings is 1. The number of ether oxygens (including phenoxy) is 1. The fourth-order valence-corrected chi connectivity index (χ4v) is 3.11. The summed E-state index contributed by atoms with van der Waals surface area (Å²) in [4.78, 5) is 4.22. The van der Waals surface area contributed by atoms with E-state index in [2.05, 4.69) is 25.6 Å². The van der Waals surface area contributed by atoms with Gasteiger partial charge in [0.1, 0.15) is 11.6 Å². The summed E-state index contributed by atoms with van der Waals surface area (Å²) in [5.74, 6) is 0.908. The zero-order chi connectivity index (χ0) is 14.8. The number of pyridine rings is 1. The first kappa shape index (κ1) is 14.8. The highest BCUT2D eigenvalue weighted by atomic mass is 79.9. The van der Waals surface area contributed by atoms with Gasteiger partial charge in [0.25, 0.3) is 10.0 Å². The zero-order valence-corrected chi connectivity index (χ0v) is 13.3. The van der Waals surface area contributed by atoms with E-state index >= 15 is 0 Å². The van der Waals surface area contributed by atoms with Gasteiger partial charge in [0.05, 0.1) is 12.0 Å².